The van der Waals surface area contributed by atoms with Crippen LogP contribution in [0.25, 0.3) is 0 Å². The quantitative estimate of drug-likeness (QED) is 0.661. The molecule has 0 spiro atoms. The summed E-state index contributed by atoms with van der Waals surface area (Å²) in [6.45, 7) is 1.87. The minimum absolute atomic E-state index is 0.481. The van der Waals surface area contributed by atoms with Crippen LogP contribution in [-0.4, -0.2) is 19.3 Å². The number of hydrogen-bond donors (Lipinski definition) is 2. The van der Waals surface area contributed by atoms with Gasteiger partial charge in [0.15, 0.2) is 0 Å². The van der Waals surface area contributed by atoms with Crippen molar-refractivity contribution in [1.82, 2.24) is 5.43 Å². The summed E-state index contributed by atoms with van der Waals surface area (Å²) in [5, 5.41) is 0. The van der Waals surface area contributed by atoms with Crippen molar-refractivity contribution in [1.29, 1.82) is 0 Å². The normalized spacial score (nSPS) is 33.1. The zero-order chi connectivity index (χ0) is 14.2. The molecule has 3 aliphatic rings. The lowest BCUT2D eigenvalue weighted by molar-refractivity contribution is 0.0594. The first-order valence-electron chi connectivity index (χ1n) is 8.50. The summed E-state index contributed by atoms with van der Waals surface area (Å²) >= 11 is 0. The molecule has 2 aliphatic carbocycles. The average Bonchev–Trinajstić information content (AvgIpc) is 3.28. The van der Waals surface area contributed by atoms with Gasteiger partial charge in [-0.25, -0.2) is 0 Å². The molecule has 21 heavy (non-hydrogen) atoms. The van der Waals surface area contributed by atoms with Crippen molar-refractivity contribution in [2.45, 2.75) is 44.1 Å². The first-order valence-corrected chi connectivity index (χ1v) is 8.50. The van der Waals surface area contributed by atoms with Gasteiger partial charge in [0.25, 0.3) is 0 Å². The molecule has 1 heterocycles. The maximum Gasteiger partial charge on any atom is 0.0468 e. The lowest BCUT2D eigenvalue weighted by Gasteiger charge is -2.26. The van der Waals surface area contributed by atoms with Crippen molar-refractivity contribution in [3.8, 4) is 0 Å². The van der Waals surface area contributed by atoms with Crippen molar-refractivity contribution in [3.05, 3.63) is 35.4 Å². The van der Waals surface area contributed by atoms with Crippen molar-refractivity contribution >= 4 is 0 Å². The molecule has 3 heteroatoms. The molecule has 114 valence electrons. The van der Waals surface area contributed by atoms with Gasteiger partial charge >= 0.3 is 0 Å². The molecule has 1 aromatic rings. The Bertz CT molecular complexity index is 498. The van der Waals surface area contributed by atoms with Gasteiger partial charge in [-0.1, -0.05) is 24.3 Å². The highest BCUT2D eigenvalue weighted by Gasteiger charge is 2.56. The molecule has 3 N–H and O–H groups in total. The zero-order valence-electron chi connectivity index (χ0n) is 12.6. The van der Waals surface area contributed by atoms with Crippen LogP contribution in [0, 0.1) is 17.8 Å². The molecule has 0 bridgehead atoms. The maximum atomic E-state index is 5.92. The summed E-state index contributed by atoms with van der Waals surface area (Å²) in [5.41, 5.74) is 6.33. The van der Waals surface area contributed by atoms with E-state index in [-0.39, 0.29) is 0 Å². The fourth-order valence-electron chi connectivity index (χ4n) is 4.85. The van der Waals surface area contributed by atoms with E-state index in [1.54, 1.807) is 11.1 Å². The summed E-state index contributed by atoms with van der Waals surface area (Å²) < 4.78 is 5.48. The largest absolute Gasteiger partial charge is 0.381 e. The third-order valence-corrected chi connectivity index (χ3v) is 6.00. The van der Waals surface area contributed by atoms with Gasteiger partial charge in [-0.15, -0.1) is 0 Å². The second-order valence-corrected chi connectivity index (χ2v) is 7.07. The molecule has 2 fully saturated rings. The van der Waals surface area contributed by atoms with Crippen LogP contribution >= 0.6 is 0 Å². The molecule has 4 rings (SSSR count). The van der Waals surface area contributed by atoms with E-state index in [1.807, 2.05) is 0 Å². The summed E-state index contributed by atoms with van der Waals surface area (Å²) in [6, 6.07) is 9.50. The summed E-state index contributed by atoms with van der Waals surface area (Å²) in [7, 11) is 0. The first kappa shape index (κ1) is 13.7. The van der Waals surface area contributed by atoms with Gasteiger partial charge in [-0.3, -0.25) is 11.3 Å². The summed E-state index contributed by atoms with van der Waals surface area (Å²) in [4.78, 5) is 0. The molecule has 3 nitrogen and oxygen atoms in total. The van der Waals surface area contributed by atoms with Crippen LogP contribution in [0.5, 0.6) is 0 Å². The van der Waals surface area contributed by atoms with E-state index in [2.05, 4.69) is 29.7 Å². The Morgan fingerprint density at radius 2 is 2.00 bits per heavy atom. The van der Waals surface area contributed by atoms with Crippen molar-refractivity contribution in [2.75, 3.05) is 13.2 Å². The van der Waals surface area contributed by atoms with Gasteiger partial charge < -0.3 is 4.74 Å². The van der Waals surface area contributed by atoms with E-state index in [1.165, 1.54) is 32.1 Å². The average molecular weight is 286 g/mol. The van der Waals surface area contributed by atoms with E-state index >= 15 is 0 Å². The molecule has 0 amide bonds. The zero-order valence-corrected chi connectivity index (χ0v) is 12.6. The second-order valence-electron chi connectivity index (χ2n) is 7.07. The fraction of sp³-hybridized carbons (Fsp3) is 0.667. The van der Waals surface area contributed by atoms with Gasteiger partial charge in [0.1, 0.15) is 0 Å². The number of rotatable bonds is 4. The fourth-order valence-corrected chi connectivity index (χ4v) is 4.85. The molecule has 4 atom stereocenters. The topological polar surface area (TPSA) is 47.3 Å². The van der Waals surface area contributed by atoms with Crippen LogP contribution < -0.4 is 11.3 Å². The van der Waals surface area contributed by atoms with Gasteiger partial charge in [-0.2, -0.15) is 0 Å². The number of benzene rings is 1. The molecule has 1 saturated heterocycles. The Labute approximate surface area is 127 Å². The highest BCUT2D eigenvalue weighted by Crippen LogP contribution is 2.61. The predicted octanol–water partition coefficient (Wildman–Crippen LogP) is 2.61. The van der Waals surface area contributed by atoms with Crippen LogP contribution in [0.1, 0.15) is 42.7 Å². The van der Waals surface area contributed by atoms with Gasteiger partial charge in [0.05, 0.1) is 0 Å². The second kappa shape index (κ2) is 5.71. The highest BCUT2D eigenvalue weighted by atomic mass is 16.5. The lowest BCUT2D eigenvalue weighted by Crippen LogP contribution is -2.39. The van der Waals surface area contributed by atoms with E-state index in [4.69, 9.17) is 10.6 Å². The smallest absolute Gasteiger partial charge is 0.0468 e. The summed E-state index contributed by atoms with van der Waals surface area (Å²) in [6.07, 6.45) is 6.23. The molecule has 1 aromatic carbocycles. The highest BCUT2D eigenvalue weighted by molar-refractivity contribution is 5.40. The number of fused-ring (bicyclic) bond motifs is 3. The number of hydrazine groups is 1. The van der Waals surface area contributed by atoms with Crippen LogP contribution in [0.2, 0.25) is 0 Å². The molecule has 0 aromatic heterocycles. The van der Waals surface area contributed by atoms with Crippen molar-refractivity contribution in [3.63, 3.8) is 0 Å². The molecule has 4 unspecified atom stereocenters. The maximum absolute atomic E-state index is 5.92. The van der Waals surface area contributed by atoms with E-state index < -0.39 is 0 Å². The predicted molar refractivity (Wildman–Crippen MR) is 83.8 cm³/mol. The van der Waals surface area contributed by atoms with E-state index in [9.17, 15) is 0 Å². The number of ether oxygens (including phenoxy) is 1. The van der Waals surface area contributed by atoms with E-state index in [0.717, 1.165) is 36.9 Å². The SMILES string of the molecule is NNC(CC1CCOCC1)C1C2CCc3ccccc3C21. The third-order valence-electron chi connectivity index (χ3n) is 6.00. The minimum Gasteiger partial charge on any atom is -0.381 e. The number of nitrogens with one attached hydrogen (secondary N) is 1. The summed E-state index contributed by atoms with van der Waals surface area (Å²) in [5.74, 6) is 9.09. The van der Waals surface area contributed by atoms with Gasteiger partial charge in [0.2, 0.25) is 0 Å². The number of aryl methyl sites for hydroxylation is 1. The Balaban J connectivity index is 1.47. The Morgan fingerprint density at radius 1 is 1.19 bits per heavy atom. The molecule has 0 radical (unpaired) electrons. The Hall–Kier alpha value is -0.900. The Morgan fingerprint density at radius 3 is 2.81 bits per heavy atom. The number of hydrogen-bond acceptors (Lipinski definition) is 3. The molecule has 1 aliphatic heterocycles. The molecule has 1 saturated carbocycles. The van der Waals surface area contributed by atoms with Crippen LogP contribution in [0.4, 0.5) is 0 Å². The number of nitrogens with two attached hydrogens (primary N) is 1. The third kappa shape index (κ3) is 2.52. The molecular formula is C18H26N2O. The lowest BCUT2D eigenvalue weighted by atomic mass is 9.89. The van der Waals surface area contributed by atoms with Crippen LogP contribution in [0.3, 0.4) is 0 Å². The van der Waals surface area contributed by atoms with Gasteiger partial charge in [0, 0.05) is 19.3 Å². The van der Waals surface area contributed by atoms with Gasteiger partial charge in [-0.05, 0) is 66.9 Å². The van der Waals surface area contributed by atoms with Crippen molar-refractivity contribution in [2.24, 2.45) is 23.6 Å². The standard InChI is InChI=1S/C18H26N2O/c19-20-16(11-12-7-9-21-10-8-12)18-15-6-5-13-3-1-2-4-14(13)17(15)18/h1-4,12,15-18,20H,5-11,19H2. The first-order chi connectivity index (χ1) is 10.4. The van der Waals surface area contributed by atoms with Crippen LogP contribution in [0.15, 0.2) is 24.3 Å². The van der Waals surface area contributed by atoms with Crippen molar-refractivity contribution < 1.29 is 4.74 Å². The monoisotopic (exact) mass is 286 g/mol. The van der Waals surface area contributed by atoms with E-state index in [0.29, 0.717) is 6.04 Å². The Kier molecular flexibility index (Phi) is 3.74. The minimum atomic E-state index is 0.481. The van der Waals surface area contributed by atoms with Crippen LogP contribution in [-0.2, 0) is 11.2 Å². The molecular weight excluding hydrogens is 260 g/mol.